The highest BCUT2D eigenvalue weighted by Crippen LogP contribution is 2.71. The van der Waals surface area contributed by atoms with Gasteiger partial charge in [-0.2, -0.15) is 8.42 Å². The Morgan fingerprint density at radius 3 is 2.16 bits per heavy atom. The molecule has 250 valence electrons. The van der Waals surface area contributed by atoms with Crippen molar-refractivity contribution in [2.45, 2.75) is 116 Å². The van der Waals surface area contributed by atoms with Crippen LogP contribution in [0.2, 0.25) is 0 Å². The zero-order chi connectivity index (χ0) is 32.0. The highest BCUT2D eigenvalue weighted by Gasteiger charge is 2.72. The second-order valence-electron chi connectivity index (χ2n) is 15.1. The molecule has 43 heavy (non-hydrogen) atoms. The molecule has 5 N–H and O–H groups in total. The van der Waals surface area contributed by atoms with Gasteiger partial charge < -0.3 is 24.9 Å². The van der Waals surface area contributed by atoms with Gasteiger partial charge in [-0.15, -0.1) is 0 Å². The monoisotopic (exact) mass is 654 g/mol. The van der Waals surface area contributed by atoms with Crippen molar-refractivity contribution in [3.63, 3.8) is 0 Å². The van der Waals surface area contributed by atoms with Crippen LogP contribution in [0.5, 0.6) is 0 Å². The molecule has 0 aromatic rings. The first-order valence-corrected chi connectivity index (χ1v) is 18.6. The molecule has 17 atom stereocenters. The largest absolute Gasteiger partial charge is 0.472 e. The molecule has 0 aromatic heterocycles. The first-order chi connectivity index (χ1) is 19.8. The highest BCUT2D eigenvalue weighted by atomic mass is 32.3. The van der Waals surface area contributed by atoms with Gasteiger partial charge in [0.1, 0.15) is 6.10 Å². The molecular formula is C29H51O12PS. The molecule has 5 fully saturated rings. The lowest BCUT2D eigenvalue weighted by Gasteiger charge is -2.64. The molecule has 1 aliphatic heterocycles. The van der Waals surface area contributed by atoms with Crippen LogP contribution in [0.1, 0.15) is 73.6 Å². The second kappa shape index (κ2) is 11.5. The van der Waals surface area contributed by atoms with Gasteiger partial charge in [-0.25, -0.2) is 8.75 Å². The van der Waals surface area contributed by atoms with Crippen molar-refractivity contribution in [3.05, 3.63) is 0 Å². The maximum atomic E-state index is 13.0. The molecule has 12 nitrogen and oxygen atoms in total. The predicted octanol–water partition coefficient (Wildman–Crippen LogP) is 3.18. The van der Waals surface area contributed by atoms with Gasteiger partial charge in [0, 0.05) is 13.0 Å². The number of phosphoric acid groups is 1. The molecule has 14 heteroatoms. The van der Waals surface area contributed by atoms with Crippen molar-refractivity contribution in [2.24, 2.45) is 58.2 Å². The van der Waals surface area contributed by atoms with Crippen LogP contribution in [-0.2, 0) is 32.9 Å². The lowest BCUT2D eigenvalue weighted by atomic mass is 9.42. The van der Waals surface area contributed by atoms with E-state index >= 15 is 0 Å². The van der Waals surface area contributed by atoms with Crippen LogP contribution in [0.25, 0.3) is 0 Å². The van der Waals surface area contributed by atoms with E-state index in [-0.39, 0.29) is 36.2 Å². The standard InChI is InChI=1S/C29H51O12PS/c1-13(2)15(4)18-12-14(3)20-26(39-18)27(40-42(33,34)38-7)21-19-16(8-10-29(20,21)6)28(5)11-9-17(41-43(35,36)37)23(30)22(28)25(32)24(19)31/h13-27,30-32H,8-12H2,1-7H3,(H,33,34)(H,35,36,37)/t14-,15+,16+,17-,18?,19-,20+,21-,22-,23+,24-,25+,26+,27+,28-,29-/m1/s1. The summed E-state index contributed by atoms with van der Waals surface area (Å²) >= 11 is 0. The average Bonchev–Trinajstić information content (AvgIpc) is 3.15. The average molecular weight is 655 g/mol. The van der Waals surface area contributed by atoms with Crippen molar-refractivity contribution in [2.75, 3.05) is 7.11 Å². The van der Waals surface area contributed by atoms with E-state index in [1.54, 1.807) is 0 Å². The number of ether oxygens (including phenoxy) is 1. The van der Waals surface area contributed by atoms with Gasteiger partial charge in [0.25, 0.3) is 0 Å². The van der Waals surface area contributed by atoms with Crippen molar-refractivity contribution < 1.29 is 55.7 Å². The normalized spacial score (nSPS) is 52.0. The predicted molar refractivity (Wildman–Crippen MR) is 155 cm³/mol. The number of hydrogen-bond acceptors (Lipinski definition) is 10. The van der Waals surface area contributed by atoms with E-state index < -0.39 is 83.4 Å². The number of rotatable bonds is 7. The first-order valence-electron chi connectivity index (χ1n) is 15.7. The minimum absolute atomic E-state index is 0.0321. The Kier molecular flexibility index (Phi) is 9.14. The Balaban J connectivity index is 1.56. The van der Waals surface area contributed by atoms with E-state index in [1.807, 2.05) is 6.92 Å². The molecule has 2 unspecified atom stereocenters. The fourth-order valence-corrected chi connectivity index (χ4v) is 11.8. The zero-order valence-electron chi connectivity index (χ0n) is 26.1. The van der Waals surface area contributed by atoms with Crippen LogP contribution in [0.4, 0.5) is 0 Å². The first kappa shape index (κ1) is 34.2. The summed E-state index contributed by atoms with van der Waals surface area (Å²) in [4.78, 5) is 10.6. The van der Waals surface area contributed by atoms with E-state index in [9.17, 15) is 37.7 Å². The lowest BCUT2D eigenvalue weighted by molar-refractivity contribution is -0.253. The van der Waals surface area contributed by atoms with Crippen LogP contribution >= 0.6 is 7.82 Å². The number of hydrogen-bond donors (Lipinski definition) is 5. The molecule has 4 saturated carbocycles. The molecule has 5 aliphatic rings. The van der Waals surface area contributed by atoms with Crippen molar-refractivity contribution in [3.8, 4) is 0 Å². The number of aliphatic hydroxyl groups excluding tert-OH is 3. The third-order valence-electron chi connectivity index (χ3n) is 12.8. The second-order valence-corrected chi connectivity index (χ2v) is 17.6. The molecule has 1 heterocycles. The smallest absolute Gasteiger partial charge is 0.390 e. The van der Waals surface area contributed by atoms with Crippen LogP contribution in [0.15, 0.2) is 0 Å². The molecule has 5 rings (SSSR count). The molecule has 0 radical (unpaired) electrons. The van der Waals surface area contributed by atoms with Crippen LogP contribution < -0.4 is 0 Å². The molecule has 0 spiro atoms. The minimum atomic E-state index is -4.85. The summed E-state index contributed by atoms with van der Waals surface area (Å²) in [5, 5.41) is 34.8. The maximum absolute atomic E-state index is 13.0. The van der Waals surface area contributed by atoms with Gasteiger partial charge in [0.15, 0.2) is 0 Å². The third kappa shape index (κ3) is 5.60. The van der Waals surface area contributed by atoms with E-state index in [4.69, 9.17) is 18.0 Å². The molecule has 1 saturated heterocycles. The summed E-state index contributed by atoms with van der Waals surface area (Å²) in [6.07, 6.45) is -4.31. The van der Waals surface area contributed by atoms with Crippen molar-refractivity contribution in [1.29, 1.82) is 0 Å². The third-order valence-corrected chi connectivity index (χ3v) is 14.2. The molecule has 0 amide bonds. The molecule has 0 bridgehead atoms. The summed E-state index contributed by atoms with van der Waals surface area (Å²) in [7, 11) is -8.22. The molecule has 4 aliphatic carbocycles. The van der Waals surface area contributed by atoms with E-state index in [0.717, 1.165) is 13.5 Å². The van der Waals surface area contributed by atoms with Crippen molar-refractivity contribution >= 4 is 18.2 Å². The summed E-state index contributed by atoms with van der Waals surface area (Å²) in [6, 6.07) is 0. The topological polar surface area (TPSA) is 189 Å². The Hall–Kier alpha value is -0.180. The molecule has 0 aromatic carbocycles. The summed E-state index contributed by atoms with van der Waals surface area (Å²) in [5.41, 5.74) is -1.18. The van der Waals surface area contributed by atoms with Gasteiger partial charge in [0.2, 0.25) is 0 Å². The van der Waals surface area contributed by atoms with Gasteiger partial charge in [-0.05, 0) is 84.4 Å². The van der Waals surface area contributed by atoms with Crippen LogP contribution in [-0.4, -0.2) is 83.0 Å². The van der Waals surface area contributed by atoms with Gasteiger partial charge >= 0.3 is 18.2 Å². The van der Waals surface area contributed by atoms with Crippen molar-refractivity contribution in [1.82, 2.24) is 0 Å². The van der Waals surface area contributed by atoms with Gasteiger partial charge in [-0.3, -0.25) is 13.6 Å². The Bertz CT molecular complexity index is 1200. The Morgan fingerprint density at radius 2 is 1.58 bits per heavy atom. The zero-order valence-corrected chi connectivity index (χ0v) is 27.9. The minimum Gasteiger partial charge on any atom is -0.390 e. The number of fused-ring (bicyclic) bond motifs is 7. The number of phosphoric ester groups is 1. The SMILES string of the molecule is COP(=O)(O)O[C@@H]1[C@H]2OC([C@@H](C)C(C)C)C[C@@H](C)[C@@H]2[C@@]2(C)CC[C@H]3[C@@H]([C@@H](O)[C@@H](O)[C@H]4[C@@H](O)[C@H](OS(=O)(=O)O)CC[C@@]43C)[C@H]12. The van der Waals surface area contributed by atoms with E-state index in [2.05, 4.69) is 34.6 Å². The summed E-state index contributed by atoms with van der Waals surface area (Å²) < 4.78 is 67.7. The Morgan fingerprint density at radius 1 is 0.953 bits per heavy atom. The highest BCUT2D eigenvalue weighted by molar-refractivity contribution is 7.80. The van der Waals surface area contributed by atoms with Gasteiger partial charge in [0.05, 0.1) is 36.6 Å². The van der Waals surface area contributed by atoms with Crippen LogP contribution in [0.3, 0.4) is 0 Å². The van der Waals surface area contributed by atoms with E-state index in [0.29, 0.717) is 25.2 Å². The van der Waals surface area contributed by atoms with E-state index in [1.165, 1.54) is 0 Å². The molecular weight excluding hydrogens is 603 g/mol. The number of aliphatic hydroxyl groups is 3. The summed E-state index contributed by atoms with van der Waals surface area (Å²) in [5.74, 6) is -1.43. The van der Waals surface area contributed by atoms with Gasteiger partial charge in [-0.1, -0.05) is 41.5 Å². The fraction of sp³-hybridized carbons (Fsp3) is 1.00. The summed E-state index contributed by atoms with van der Waals surface area (Å²) in [6.45, 7) is 12.7. The Labute approximate surface area is 255 Å². The van der Waals surface area contributed by atoms with Crippen LogP contribution in [0, 0.1) is 58.2 Å². The fourth-order valence-electron chi connectivity index (χ4n) is 10.6. The lowest BCUT2D eigenvalue weighted by Crippen LogP contribution is -2.68. The maximum Gasteiger partial charge on any atom is 0.472 e. The quantitative estimate of drug-likeness (QED) is 0.200.